The van der Waals surface area contributed by atoms with Gasteiger partial charge in [-0.3, -0.25) is 8.98 Å². The van der Waals surface area contributed by atoms with E-state index in [0.717, 1.165) is 37.2 Å². The van der Waals surface area contributed by atoms with Crippen molar-refractivity contribution in [3.05, 3.63) is 29.8 Å². The van der Waals surface area contributed by atoms with Gasteiger partial charge in [-0.15, -0.1) is 0 Å². The number of hydrogen-bond acceptors (Lipinski definition) is 7. The summed E-state index contributed by atoms with van der Waals surface area (Å²) >= 11 is 1.51. The zero-order valence-electron chi connectivity index (χ0n) is 20.6. The maximum absolute atomic E-state index is 11.8. The lowest BCUT2D eigenvalue weighted by Gasteiger charge is -2.31. The van der Waals surface area contributed by atoms with Gasteiger partial charge in [0.1, 0.15) is 0 Å². The van der Waals surface area contributed by atoms with E-state index in [1.54, 1.807) is 31.2 Å². The third-order valence-corrected chi connectivity index (χ3v) is 10.7. The Morgan fingerprint density at radius 1 is 0.882 bits per heavy atom. The molecule has 0 radical (unpaired) electrons. The molecule has 3 saturated carbocycles. The molecular weight excluding hydrogens is 516 g/mol. The van der Waals surface area contributed by atoms with Crippen LogP contribution in [0.15, 0.2) is 29.2 Å². The van der Waals surface area contributed by atoms with Gasteiger partial charge >= 0.3 is 0 Å². The van der Waals surface area contributed by atoms with Gasteiger partial charge in [0.2, 0.25) is 9.05 Å². The number of carbonyl (C=O) groups excluding carboxylic acids is 1. The molecule has 1 aromatic rings. The fraction of sp³-hybridized carbons (Fsp3) is 0.708. The molecule has 0 aromatic heterocycles. The Kier molecular flexibility index (Phi) is 10.9. The summed E-state index contributed by atoms with van der Waals surface area (Å²) in [5.41, 5.74) is 1.04. The van der Waals surface area contributed by atoms with Crippen molar-refractivity contribution in [3.8, 4) is 0 Å². The second kappa shape index (κ2) is 12.6. The highest BCUT2D eigenvalue weighted by molar-refractivity contribution is 8.14. The summed E-state index contributed by atoms with van der Waals surface area (Å²) in [6.07, 6.45) is 5.52. The minimum Gasteiger partial charge on any atom is -0.288 e. The minimum atomic E-state index is -3.56. The highest BCUT2D eigenvalue weighted by Crippen LogP contribution is 2.36. The largest absolute Gasteiger partial charge is 0.297 e. The van der Waals surface area contributed by atoms with Crippen molar-refractivity contribution < 1.29 is 25.8 Å². The van der Waals surface area contributed by atoms with Crippen molar-refractivity contribution >= 4 is 46.7 Å². The molecule has 0 saturated heterocycles. The van der Waals surface area contributed by atoms with Crippen LogP contribution in [0, 0.1) is 24.7 Å². The molecule has 4 rings (SSSR count). The van der Waals surface area contributed by atoms with Gasteiger partial charge in [0, 0.05) is 22.9 Å². The van der Waals surface area contributed by atoms with Gasteiger partial charge in [0.05, 0.1) is 16.2 Å². The van der Waals surface area contributed by atoms with E-state index in [2.05, 4.69) is 13.8 Å². The molecular formula is C24H37ClO6S3. The number of benzene rings is 1. The molecule has 194 valence electrons. The van der Waals surface area contributed by atoms with Crippen LogP contribution in [-0.2, 0) is 28.1 Å². The average molecular weight is 553 g/mol. The van der Waals surface area contributed by atoms with E-state index in [4.69, 9.17) is 14.9 Å². The molecule has 0 aliphatic heterocycles. The zero-order valence-corrected chi connectivity index (χ0v) is 23.8. The lowest BCUT2D eigenvalue weighted by molar-refractivity contribution is -0.109. The summed E-state index contributed by atoms with van der Waals surface area (Å²) in [6.45, 7) is 9.92. The van der Waals surface area contributed by atoms with Gasteiger partial charge in [-0.05, 0) is 75.3 Å². The summed E-state index contributed by atoms with van der Waals surface area (Å²) in [5.74, 6) is 1.99. The summed E-state index contributed by atoms with van der Waals surface area (Å²) in [4.78, 5) is 10.8. The maximum atomic E-state index is 11.8. The van der Waals surface area contributed by atoms with E-state index < -0.39 is 19.2 Å². The van der Waals surface area contributed by atoms with E-state index in [0.29, 0.717) is 17.1 Å². The van der Waals surface area contributed by atoms with Crippen LogP contribution >= 0.6 is 22.4 Å². The van der Waals surface area contributed by atoms with Crippen LogP contribution in [0.1, 0.15) is 71.8 Å². The predicted molar refractivity (Wildman–Crippen MR) is 139 cm³/mol. The molecule has 1 aromatic carbocycles. The Morgan fingerprint density at radius 2 is 1.35 bits per heavy atom. The van der Waals surface area contributed by atoms with Crippen LogP contribution in [0.5, 0.6) is 0 Å². The van der Waals surface area contributed by atoms with Crippen molar-refractivity contribution in [2.75, 3.05) is 0 Å². The molecule has 3 aliphatic carbocycles. The van der Waals surface area contributed by atoms with Gasteiger partial charge < -0.3 is 0 Å². The first-order valence-corrected chi connectivity index (χ1v) is 16.4. The van der Waals surface area contributed by atoms with Crippen molar-refractivity contribution in [1.29, 1.82) is 0 Å². The van der Waals surface area contributed by atoms with Gasteiger partial charge in [-0.1, -0.05) is 50.2 Å². The SMILES string of the molecule is CC(=O)SC1CC(C)C1.CC1CC(S(=O)(=O)Cl)C1.Cc1ccc(S(=O)(=O)OC2CC(C)C2)cc1. The summed E-state index contributed by atoms with van der Waals surface area (Å²) in [7, 11) is -1.71. The van der Waals surface area contributed by atoms with Crippen LogP contribution in [0.4, 0.5) is 0 Å². The average Bonchev–Trinajstić information content (AvgIpc) is 2.63. The Labute approximate surface area is 214 Å². The van der Waals surface area contributed by atoms with Crippen LogP contribution in [-0.4, -0.2) is 38.6 Å². The number of halogens is 1. The van der Waals surface area contributed by atoms with Crippen molar-refractivity contribution in [2.45, 2.75) is 94.6 Å². The van der Waals surface area contributed by atoms with E-state index in [-0.39, 0.29) is 21.4 Å². The lowest BCUT2D eigenvalue weighted by Crippen LogP contribution is -2.31. The van der Waals surface area contributed by atoms with E-state index in [1.807, 2.05) is 13.8 Å². The molecule has 3 aliphatic rings. The molecule has 10 heteroatoms. The molecule has 34 heavy (non-hydrogen) atoms. The topological polar surface area (TPSA) is 94.6 Å². The third-order valence-electron chi connectivity index (χ3n) is 6.29. The number of aryl methyl sites for hydroxylation is 1. The molecule has 0 amide bonds. The quantitative estimate of drug-likeness (QED) is 0.330. The summed E-state index contributed by atoms with van der Waals surface area (Å²) in [6, 6.07) is 6.73. The first-order valence-electron chi connectivity index (χ1n) is 11.8. The van der Waals surface area contributed by atoms with E-state index >= 15 is 0 Å². The fourth-order valence-corrected chi connectivity index (χ4v) is 8.03. The van der Waals surface area contributed by atoms with Gasteiger partial charge in [-0.2, -0.15) is 8.42 Å². The smallest absolute Gasteiger partial charge is 0.288 e. The van der Waals surface area contributed by atoms with E-state index in [9.17, 15) is 21.6 Å². The Morgan fingerprint density at radius 3 is 1.71 bits per heavy atom. The number of thioether (sulfide) groups is 1. The molecule has 6 nitrogen and oxygen atoms in total. The predicted octanol–water partition coefficient (Wildman–Crippen LogP) is 5.92. The second-order valence-corrected chi connectivity index (χ2v) is 16.0. The second-order valence-electron chi connectivity index (χ2n) is 10.0. The summed E-state index contributed by atoms with van der Waals surface area (Å²) in [5, 5.41) is 0.665. The number of rotatable bonds is 5. The lowest BCUT2D eigenvalue weighted by atomic mass is 9.84. The van der Waals surface area contributed by atoms with Crippen LogP contribution in [0.25, 0.3) is 0 Å². The Bertz CT molecular complexity index is 1010. The standard InChI is InChI=1S/C12H16O3S.C7H12OS.C5H9ClO2S/c1-9-3-5-12(6-4-9)16(13,14)15-11-7-10(2)8-11;1-5-3-7(4-5)9-6(2)8;1-4-2-5(3-4)9(6,7)8/h3-6,10-11H,7-8H2,1-2H3;5,7H,3-4H2,1-2H3;4-5H,2-3H2,1H3. The molecule has 0 atom stereocenters. The molecule has 3 fully saturated rings. The first-order chi connectivity index (χ1) is 15.7. The molecule has 0 heterocycles. The Balaban J connectivity index is 0.000000194. The summed E-state index contributed by atoms with van der Waals surface area (Å²) < 4.78 is 49.9. The maximum Gasteiger partial charge on any atom is 0.297 e. The zero-order chi connectivity index (χ0) is 25.7. The van der Waals surface area contributed by atoms with Crippen molar-refractivity contribution in [1.82, 2.24) is 0 Å². The first kappa shape index (κ1) is 29.6. The van der Waals surface area contributed by atoms with Crippen molar-refractivity contribution in [3.63, 3.8) is 0 Å². The molecule has 0 bridgehead atoms. The molecule has 0 unspecified atom stereocenters. The highest BCUT2D eigenvalue weighted by atomic mass is 35.7. The minimum absolute atomic E-state index is 0.124. The third kappa shape index (κ3) is 9.80. The van der Waals surface area contributed by atoms with Crippen molar-refractivity contribution in [2.24, 2.45) is 17.8 Å². The van der Waals surface area contributed by atoms with E-state index in [1.165, 1.54) is 24.6 Å². The fourth-order valence-electron chi connectivity index (χ4n) is 4.06. The Hall–Kier alpha value is -0.610. The monoisotopic (exact) mass is 552 g/mol. The van der Waals surface area contributed by atoms with Crippen LogP contribution < -0.4 is 0 Å². The van der Waals surface area contributed by atoms with Gasteiger partial charge in [0.25, 0.3) is 10.1 Å². The van der Waals surface area contributed by atoms with Gasteiger partial charge in [-0.25, -0.2) is 8.42 Å². The van der Waals surface area contributed by atoms with Gasteiger partial charge in [0.15, 0.2) is 5.12 Å². The number of hydrogen-bond donors (Lipinski definition) is 0. The number of carbonyl (C=O) groups is 1. The van der Waals surface area contributed by atoms with Crippen LogP contribution in [0.3, 0.4) is 0 Å². The van der Waals surface area contributed by atoms with Crippen LogP contribution in [0.2, 0.25) is 0 Å². The molecule has 0 spiro atoms. The normalized spacial score (nSPS) is 30.2. The molecule has 0 N–H and O–H groups in total. The highest BCUT2D eigenvalue weighted by Gasteiger charge is 2.35.